The minimum absolute atomic E-state index is 0.0626. The predicted molar refractivity (Wildman–Crippen MR) is 72.7 cm³/mol. The van der Waals surface area contributed by atoms with E-state index < -0.39 is 22.4 Å². The normalized spacial score (nSPS) is 11.7. The summed E-state index contributed by atoms with van der Waals surface area (Å²) in [6.07, 6.45) is 0.301. The molecule has 0 aliphatic heterocycles. The van der Waals surface area contributed by atoms with Crippen LogP contribution in [-0.2, 0) is 4.74 Å². The lowest BCUT2D eigenvalue weighted by molar-refractivity contribution is -0.385. The molecule has 0 aliphatic rings. The summed E-state index contributed by atoms with van der Waals surface area (Å²) in [5.41, 5.74) is -1.01. The smallest absolute Gasteiger partial charge is 0.420 e. The van der Waals surface area contributed by atoms with Crippen molar-refractivity contribution in [3.05, 3.63) is 33.9 Å². The standard InChI is InChI=1S/C13H14FN3O4/c1-7-9(17(19)20)5-8(14)11-10(7)15-6-16(11)12(18)21-13(2,3)4/h5-6H,1-4H3. The van der Waals surface area contributed by atoms with Gasteiger partial charge in [0.25, 0.3) is 5.69 Å². The van der Waals surface area contributed by atoms with Gasteiger partial charge in [0.2, 0.25) is 0 Å². The molecule has 0 saturated heterocycles. The van der Waals surface area contributed by atoms with Crippen LogP contribution in [0.4, 0.5) is 14.9 Å². The van der Waals surface area contributed by atoms with E-state index in [0.29, 0.717) is 0 Å². The van der Waals surface area contributed by atoms with E-state index in [1.54, 1.807) is 20.8 Å². The molecule has 2 rings (SSSR count). The van der Waals surface area contributed by atoms with Crippen LogP contribution in [0.3, 0.4) is 0 Å². The Labute approximate surface area is 119 Å². The Balaban J connectivity index is 2.62. The molecule has 0 N–H and O–H groups in total. The third-order valence-corrected chi connectivity index (χ3v) is 2.78. The molecule has 1 aromatic heterocycles. The van der Waals surface area contributed by atoms with Crippen LogP contribution in [0.2, 0.25) is 0 Å². The van der Waals surface area contributed by atoms with E-state index in [1.165, 1.54) is 6.92 Å². The van der Waals surface area contributed by atoms with Crippen LogP contribution < -0.4 is 0 Å². The first-order chi connectivity index (χ1) is 9.61. The highest BCUT2D eigenvalue weighted by Gasteiger charge is 2.25. The summed E-state index contributed by atoms with van der Waals surface area (Å²) in [7, 11) is 0. The maximum Gasteiger partial charge on any atom is 0.420 e. The molecule has 0 bridgehead atoms. The first-order valence-electron chi connectivity index (χ1n) is 6.15. The molecule has 0 amide bonds. The molecule has 1 heterocycles. The van der Waals surface area contributed by atoms with Crippen molar-refractivity contribution in [2.75, 3.05) is 0 Å². The first-order valence-corrected chi connectivity index (χ1v) is 6.15. The van der Waals surface area contributed by atoms with Crippen LogP contribution in [0.25, 0.3) is 11.0 Å². The molecule has 7 nitrogen and oxygen atoms in total. The van der Waals surface area contributed by atoms with Gasteiger partial charge in [-0.2, -0.15) is 0 Å². The largest absolute Gasteiger partial charge is 0.443 e. The van der Waals surface area contributed by atoms with Gasteiger partial charge in [0.05, 0.1) is 16.6 Å². The molecular weight excluding hydrogens is 281 g/mol. The number of aromatic nitrogens is 2. The minimum atomic E-state index is -0.898. The number of hydrogen-bond donors (Lipinski definition) is 0. The van der Waals surface area contributed by atoms with Gasteiger partial charge in [-0.1, -0.05) is 0 Å². The predicted octanol–water partition coefficient (Wildman–Crippen LogP) is 3.18. The van der Waals surface area contributed by atoms with Crippen molar-refractivity contribution in [1.29, 1.82) is 0 Å². The van der Waals surface area contributed by atoms with Crippen molar-refractivity contribution < 1.29 is 18.8 Å². The Morgan fingerprint density at radius 2 is 2.10 bits per heavy atom. The summed E-state index contributed by atoms with van der Waals surface area (Å²) >= 11 is 0. The van der Waals surface area contributed by atoms with E-state index in [2.05, 4.69) is 4.98 Å². The fourth-order valence-electron chi connectivity index (χ4n) is 1.91. The average molecular weight is 295 g/mol. The number of benzene rings is 1. The van der Waals surface area contributed by atoms with Crippen molar-refractivity contribution in [3.63, 3.8) is 0 Å². The quantitative estimate of drug-likeness (QED) is 0.595. The van der Waals surface area contributed by atoms with E-state index in [0.717, 1.165) is 17.0 Å². The number of nitrogens with zero attached hydrogens (tertiary/aromatic N) is 3. The van der Waals surface area contributed by atoms with Gasteiger partial charge in [-0.15, -0.1) is 0 Å². The lowest BCUT2D eigenvalue weighted by atomic mass is 10.1. The van der Waals surface area contributed by atoms with Crippen LogP contribution in [-0.4, -0.2) is 26.2 Å². The number of hydrogen-bond acceptors (Lipinski definition) is 5. The number of aryl methyl sites for hydroxylation is 1. The second kappa shape index (κ2) is 4.80. The van der Waals surface area contributed by atoms with Gasteiger partial charge in [-0.3, -0.25) is 10.1 Å². The highest BCUT2D eigenvalue weighted by Crippen LogP contribution is 2.29. The molecule has 0 aliphatic carbocycles. The fourth-order valence-corrected chi connectivity index (χ4v) is 1.91. The highest BCUT2D eigenvalue weighted by molar-refractivity contribution is 5.90. The monoisotopic (exact) mass is 295 g/mol. The van der Waals surface area contributed by atoms with Crippen molar-refractivity contribution >= 4 is 22.8 Å². The number of imidazole rings is 1. The van der Waals surface area contributed by atoms with Crippen molar-refractivity contribution in [1.82, 2.24) is 9.55 Å². The molecule has 0 unspecified atom stereocenters. The van der Waals surface area contributed by atoms with Gasteiger partial charge in [0.1, 0.15) is 23.0 Å². The van der Waals surface area contributed by atoms with Gasteiger partial charge < -0.3 is 4.74 Å². The molecule has 21 heavy (non-hydrogen) atoms. The number of carbonyl (C=O) groups is 1. The summed E-state index contributed by atoms with van der Waals surface area (Å²) < 4.78 is 20.2. The van der Waals surface area contributed by atoms with Gasteiger partial charge >= 0.3 is 6.09 Å². The number of halogens is 1. The number of nitro groups is 1. The van der Waals surface area contributed by atoms with Crippen molar-refractivity contribution in [2.24, 2.45) is 0 Å². The van der Waals surface area contributed by atoms with E-state index in [1.807, 2.05) is 0 Å². The third kappa shape index (κ3) is 2.69. The highest BCUT2D eigenvalue weighted by atomic mass is 19.1. The number of rotatable bonds is 1. The topological polar surface area (TPSA) is 87.3 Å². The van der Waals surface area contributed by atoms with Gasteiger partial charge in [-0.25, -0.2) is 18.7 Å². The molecule has 2 aromatic rings. The van der Waals surface area contributed by atoms with E-state index in [4.69, 9.17) is 4.74 Å². The number of ether oxygens (including phenoxy) is 1. The minimum Gasteiger partial charge on any atom is -0.443 e. The molecule has 0 saturated carbocycles. The molecule has 112 valence electrons. The Hall–Kier alpha value is -2.51. The summed E-state index contributed by atoms with van der Waals surface area (Å²) in [5, 5.41) is 10.9. The zero-order chi connectivity index (χ0) is 15.9. The van der Waals surface area contributed by atoms with Crippen LogP contribution >= 0.6 is 0 Å². The number of carbonyl (C=O) groups excluding carboxylic acids is 1. The first kappa shape index (κ1) is 14.9. The van der Waals surface area contributed by atoms with Crippen molar-refractivity contribution in [2.45, 2.75) is 33.3 Å². The zero-order valence-corrected chi connectivity index (χ0v) is 12.0. The summed E-state index contributed by atoms with van der Waals surface area (Å²) in [6, 6.07) is 0.778. The van der Waals surface area contributed by atoms with E-state index in [-0.39, 0.29) is 22.3 Å². The van der Waals surface area contributed by atoms with Crippen LogP contribution in [0.15, 0.2) is 12.4 Å². The van der Waals surface area contributed by atoms with Gasteiger partial charge in [0.15, 0.2) is 5.82 Å². The molecule has 8 heteroatoms. The summed E-state index contributed by atoms with van der Waals surface area (Å²) in [4.78, 5) is 26.1. The molecule has 0 radical (unpaired) electrons. The lowest BCUT2D eigenvalue weighted by Gasteiger charge is -2.19. The molecule has 0 fully saturated rings. The van der Waals surface area contributed by atoms with Crippen LogP contribution in [0.5, 0.6) is 0 Å². The average Bonchev–Trinajstić information content (AvgIpc) is 2.76. The van der Waals surface area contributed by atoms with Crippen LogP contribution in [0, 0.1) is 22.9 Å². The molecular formula is C13H14FN3O4. The van der Waals surface area contributed by atoms with E-state index in [9.17, 15) is 19.3 Å². The summed E-state index contributed by atoms with van der Waals surface area (Å²) in [6.45, 7) is 6.48. The Morgan fingerprint density at radius 1 is 1.48 bits per heavy atom. The SMILES string of the molecule is Cc1c([N+](=O)[O-])cc(F)c2c1ncn2C(=O)OC(C)(C)C. The van der Waals surface area contributed by atoms with Crippen molar-refractivity contribution in [3.8, 4) is 0 Å². The second-order valence-electron chi connectivity index (χ2n) is 5.55. The number of nitro benzene ring substituents is 1. The maximum atomic E-state index is 14.1. The number of fused-ring (bicyclic) bond motifs is 1. The Kier molecular flexibility index (Phi) is 3.40. The molecule has 0 atom stereocenters. The second-order valence-corrected chi connectivity index (χ2v) is 5.55. The van der Waals surface area contributed by atoms with Gasteiger partial charge in [0, 0.05) is 0 Å². The van der Waals surface area contributed by atoms with Gasteiger partial charge in [-0.05, 0) is 27.7 Å². The molecule has 0 spiro atoms. The Bertz CT molecular complexity index is 746. The maximum absolute atomic E-state index is 14.1. The molecule has 1 aromatic carbocycles. The Morgan fingerprint density at radius 3 is 2.62 bits per heavy atom. The van der Waals surface area contributed by atoms with Crippen LogP contribution in [0.1, 0.15) is 26.3 Å². The lowest BCUT2D eigenvalue weighted by Crippen LogP contribution is -2.26. The van der Waals surface area contributed by atoms with E-state index >= 15 is 0 Å². The summed E-state index contributed by atoms with van der Waals surface area (Å²) in [5.74, 6) is -0.898. The zero-order valence-electron chi connectivity index (χ0n) is 12.0. The fraction of sp³-hybridized carbons (Fsp3) is 0.385. The third-order valence-electron chi connectivity index (χ3n) is 2.78.